The van der Waals surface area contributed by atoms with Crippen LogP contribution in [0, 0.1) is 5.82 Å². The van der Waals surface area contributed by atoms with E-state index < -0.39 is 11.7 Å². The lowest BCUT2D eigenvalue weighted by Crippen LogP contribution is -2.34. The Labute approximate surface area is 209 Å². The van der Waals surface area contributed by atoms with Crippen molar-refractivity contribution in [3.8, 4) is 5.75 Å². The summed E-state index contributed by atoms with van der Waals surface area (Å²) in [5.41, 5.74) is 1.13. The Morgan fingerprint density at radius 1 is 0.778 bits per heavy atom. The third-order valence-corrected chi connectivity index (χ3v) is 6.49. The Morgan fingerprint density at radius 2 is 1.33 bits per heavy atom. The van der Waals surface area contributed by atoms with Crippen LogP contribution in [-0.4, -0.2) is 52.1 Å². The Bertz CT molecular complexity index is 1170. The summed E-state index contributed by atoms with van der Waals surface area (Å²) < 4.78 is 13.5. The second-order valence-electron chi connectivity index (χ2n) is 9.17. The van der Waals surface area contributed by atoms with Gasteiger partial charge in [-0.25, -0.2) is 4.39 Å². The number of halogens is 1. The first-order chi connectivity index (χ1) is 17.5. The number of amides is 1. The molecule has 2 aliphatic rings. The summed E-state index contributed by atoms with van der Waals surface area (Å²) in [4.78, 5) is 31.1. The molecule has 3 N–H and O–H groups in total. The molecule has 188 valence electrons. The fraction of sp³-hybridized carbons (Fsp3) is 0.385. The topological polar surface area (TPSA) is 107 Å². The summed E-state index contributed by atoms with van der Waals surface area (Å²) in [7, 11) is 0. The van der Waals surface area contributed by atoms with Gasteiger partial charge < -0.3 is 25.5 Å². The number of rotatable bonds is 6. The molecule has 2 saturated heterocycles. The van der Waals surface area contributed by atoms with Crippen molar-refractivity contribution in [2.75, 3.05) is 46.6 Å². The third kappa shape index (κ3) is 5.64. The molecule has 2 aromatic carbocycles. The van der Waals surface area contributed by atoms with Gasteiger partial charge in [0.2, 0.25) is 17.8 Å². The maximum absolute atomic E-state index is 13.5. The summed E-state index contributed by atoms with van der Waals surface area (Å²) in [6, 6.07) is 10.3. The number of nitrogens with zero attached hydrogens (tertiary/aromatic N) is 5. The smallest absolute Gasteiger partial charge is 0.259 e. The summed E-state index contributed by atoms with van der Waals surface area (Å²) in [6.45, 7) is 3.77. The zero-order valence-corrected chi connectivity index (χ0v) is 20.1. The van der Waals surface area contributed by atoms with Crippen LogP contribution >= 0.6 is 0 Å². The van der Waals surface area contributed by atoms with E-state index in [-0.39, 0.29) is 11.3 Å². The normalized spacial score (nSPS) is 16.0. The van der Waals surface area contributed by atoms with Crippen LogP contribution < -0.4 is 20.4 Å². The first kappa shape index (κ1) is 23.8. The predicted molar refractivity (Wildman–Crippen MR) is 138 cm³/mol. The van der Waals surface area contributed by atoms with Crippen molar-refractivity contribution in [3.05, 3.63) is 53.8 Å². The molecule has 5 rings (SSSR count). The number of nitrogens with one attached hydrogen (secondary N) is 2. The second kappa shape index (κ2) is 10.8. The maximum Gasteiger partial charge on any atom is 0.259 e. The van der Waals surface area contributed by atoms with Gasteiger partial charge in [-0.15, -0.1) is 0 Å². The van der Waals surface area contributed by atoms with Gasteiger partial charge in [0.05, 0.1) is 5.56 Å². The van der Waals surface area contributed by atoms with Crippen molar-refractivity contribution >= 4 is 35.1 Å². The average molecular weight is 492 g/mol. The van der Waals surface area contributed by atoms with Gasteiger partial charge in [0, 0.05) is 37.6 Å². The molecule has 1 amide bonds. The lowest BCUT2D eigenvalue weighted by atomic mass is 10.1. The highest BCUT2D eigenvalue weighted by atomic mass is 19.1. The lowest BCUT2D eigenvalue weighted by molar-refractivity contribution is 0.102. The molecule has 0 spiro atoms. The Kier molecular flexibility index (Phi) is 7.11. The van der Waals surface area contributed by atoms with E-state index in [1.807, 2.05) is 0 Å². The Balaban J connectivity index is 1.32. The number of anilines is 5. The summed E-state index contributed by atoms with van der Waals surface area (Å²) in [5.74, 6) is 0.409. The van der Waals surface area contributed by atoms with Gasteiger partial charge in [-0.3, -0.25) is 4.79 Å². The Hall–Kier alpha value is -3.95. The number of phenols is 1. The van der Waals surface area contributed by atoms with Crippen molar-refractivity contribution in [2.24, 2.45) is 0 Å². The molecule has 0 saturated carbocycles. The van der Waals surface area contributed by atoms with Crippen LogP contribution in [0.4, 0.5) is 33.6 Å². The van der Waals surface area contributed by atoms with E-state index >= 15 is 0 Å². The van der Waals surface area contributed by atoms with Crippen LogP contribution in [0.3, 0.4) is 0 Å². The molecule has 0 radical (unpaired) electrons. The Morgan fingerprint density at radius 3 is 1.92 bits per heavy atom. The number of hydrogen-bond donors (Lipinski definition) is 3. The fourth-order valence-electron chi connectivity index (χ4n) is 4.53. The van der Waals surface area contributed by atoms with E-state index in [2.05, 4.69) is 20.4 Å². The summed E-state index contributed by atoms with van der Waals surface area (Å²) >= 11 is 0. The van der Waals surface area contributed by atoms with E-state index in [1.54, 1.807) is 24.3 Å². The number of phenolic OH excluding ortho intramolecular Hbond substituents is 1. The van der Waals surface area contributed by atoms with E-state index in [4.69, 9.17) is 15.0 Å². The van der Waals surface area contributed by atoms with Gasteiger partial charge in [0.15, 0.2) is 0 Å². The average Bonchev–Trinajstić information content (AvgIpc) is 2.92. The number of aromatic nitrogens is 3. The molecule has 9 nitrogen and oxygen atoms in total. The second-order valence-corrected chi connectivity index (χ2v) is 9.17. The maximum atomic E-state index is 13.5. The monoisotopic (exact) mass is 491 g/mol. The van der Waals surface area contributed by atoms with Crippen molar-refractivity contribution in [3.63, 3.8) is 0 Å². The molecule has 0 bridgehead atoms. The largest absolute Gasteiger partial charge is 0.507 e. The molecule has 0 unspecified atom stereocenters. The molecule has 10 heteroatoms. The van der Waals surface area contributed by atoms with Crippen LogP contribution in [-0.2, 0) is 0 Å². The van der Waals surface area contributed by atoms with E-state index in [0.29, 0.717) is 23.5 Å². The van der Waals surface area contributed by atoms with Gasteiger partial charge >= 0.3 is 0 Å². The standard InChI is InChI=1S/C26H30FN7O2/c27-18-7-12-22(35)21(17-18)23(36)28-19-8-10-20(11-9-19)29-24-30-25(33-13-3-1-4-14-33)32-26(31-24)34-15-5-2-6-16-34/h7-12,17,35H,1-6,13-16H2,(H,28,36)(H,29,30,31,32). The van der Waals surface area contributed by atoms with Crippen LogP contribution in [0.1, 0.15) is 48.9 Å². The number of hydrogen-bond acceptors (Lipinski definition) is 8. The number of carbonyl (C=O) groups excluding carboxylic acids is 1. The number of aromatic hydroxyl groups is 1. The molecule has 2 fully saturated rings. The van der Waals surface area contributed by atoms with Gasteiger partial charge in [0.1, 0.15) is 11.6 Å². The fourth-order valence-corrected chi connectivity index (χ4v) is 4.53. The van der Waals surface area contributed by atoms with Crippen molar-refractivity contribution in [1.29, 1.82) is 0 Å². The number of carbonyl (C=O) groups is 1. The lowest BCUT2D eigenvalue weighted by Gasteiger charge is -2.30. The molecule has 2 aliphatic heterocycles. The van der Waals surface area contributed by atoms with Crippen molar-refractivity contribution in [2.45, 2.75) is 38.5 Å². The zero-order valence-electron chi connectivity index (χ0n) is 20.1. The minimum absolute atomic E-state index is 0.127. The minimum atomic E-state index is -0.595. The van der Waals surface area contributed by atoms with E-state index in [9.17, 15) is 14.3 Å². The molecule has 36 heavy (non-hydrogen) atoms. The summed E-state index contributed by atoms with van der Waals surface area (Å²) in [6.07, 6.45) is 6.99. The molecule has 0 atom stereocenters. The van der Waals surface area contributed by atoms with Crippen LogP contribution in [0.25, 0.3) is 0 Å². The van der Waals surface area contributed by atoms with Crippen molar-refractivity contribution in [1.82, 2.24) is 15.0 Å². The number of piperidine rings is 2. The number of benzene rings is 2. The first-order valence-electron chi connectivity index (χ1n) is 12.5. The van der Waals surface area contributed by atoms with Gasteiger partial charge in [-0.05, 0) is 81.0 Å². The molecular weight excluding hydrogens is 461 g/mol. The SMILES string of the molecule is O=C(Nc1ccc(Nc2nc(N3CCCCC3)nc(N3CCCCC3)n2)cc1)c1cc(F)ccc1O. The van der Waals surface area contributed by atoms with Gasteiger partial charge in [0.25, 0.3) is 5.91 Å². The highest BCUT2D eigenvalue weighted by Crippen LogP contribution is 2.25. The zero-order chi connectivity index (χ0) is 24.9. The van der Waals surface area contributed by atoms with E-state index in [0.717, 1.165) is 75.7 Å². The highest BCUT2D eigenvalue weighted by Gasteiger charge is 2.20. The van der Waals surface area contributed by atoms with E-state index in [1.165, 1.54) is 12.8 Å². The van der Waals surface area contributed by atoms with Crippen LogP contribution in [0.5, 0.6) is 5.75 Å². The van der Waals surface area contributed by atoms with Crippen molar-refractivity contribution < 1.29 is 14.3 Å². The predicted octanol–water partition coefficient (Wildman–Crippen LogP) is 4.69. The van der Waals surface area contributed by atoms with Crippen LogP contribution in [0.15, 0.2) is 42.5 Å². The molecule has 3 aromatic rings. The third-order valence-electron chi connectivity index (χ3n) is 6.49. The summed E-state index contributed by atoms with van der Waals surface area (Å²) in [5, 5.41) is 15.8. The molecule has 1 aromatic heterocycles. The molecular formula is C26H30FN7O2. The molecule has 3 heterocycles. The van der Waals surface area contributed by atoms with Gasteiger partial charge in [-0.2, -0.15) is 15.0 Å². The highest BCUT2D eigenvalue weighted by molar-refractivity contribution is 6.06. The van der Waals surface area contributed by atoms with Crippen LogP contribution in [0.2, 0.25) is 0 Å². The first-order valence-corrected chi connectivity index (χ1v) is 12.5. The molecule has 0 aliphatic carbocycles. The minimum Gasteiger partial charge on any atom is -0.507 e. The quantitative estimate of drug-likeness (QED) is 0.456. The van der Waals surface area contributed by atoms with Gasteiger partial charge in [-0.1, -0.05) is 0 Å².